The summed E-state index contributed by atoms with van der Waals surface area (Å²) in [6, 6.07) is 17.2. The van der Waals surface area contributed by atoms with Crippen molar-refractivity contribution in [2.24, 2.45) is 0 Å². The van der Waals surface area contributed by atoms with E-state index in [0.717, 1.165) is 6.26 Å². The highest BCUT2D eigenvalue weighted by atomic mass is 35.5. The molecule has 0 saturated carbocycles. The smallest absolute Gasteiger partial charge is 0.322 e. The van der Waals surface area contributed by atoms with Crippen LogP contribution < -0.4 is 10.0 Å². The molecule has 0 bridgehead atoms. The number of nitrogens with zero attached hydrogens (tertiary/aromatic N) is 2. The van der Waals surface area contributed by atoms with Crippen molar-refractivity contribution in [3.8, 4) is 11.5 Å². The zero-order chi connectivity index (χ0) is 25.2. The van der Waals surface area contributed by atoms with Gasteiger partial charge in [0.1, 0.15) is 0 Å². The van der Waals surface area contributed by atoms with Crippen LogP contribution in [0.3, 0.4) is 0 Å². The van der Waals surface area contributed by atoms with Gasteiger partial charge in [0.05, 0.1) is 15.4 Å². The molecule has 1 aromatic heterocycles. The summed E-state index contributed by atoms with van der Waals surface area (Å²) >= 11 is 5.80. The average molecular weight is 533 g/mol. The first kappa shape index (κ1) is 24.4. The number of amides is 1. The molecule has 180 valence electrons. The predicted molar refractivity (Wildman–Crippen MR) is 129 cm³/mol. The van der Waals surface area contributed by atoms with Crippen molar-refractivity contribution in [2.45, 2.75) is 9.79 Å². The number of benzene rings is 3. The maximum atomic E-state index is 12.7. The topological polar surface area (TPSA) is 148 Å². The summed E-state index contributed by atoms with van der Waals surface area (Å²) in [7, 11) is -7.46. The van der Waals surface area contributed by atoms with E-state index in [-0.39, 0.29) is 38.5 Å². The highest BCUT2D eigenvalue weighted by Crippen LogP contribution is 2.27. The van der Waals surface area contributed by atoms with Gasteiger partial charge in [0, 0.05) is 22.5 Å². The van der Waals surface area contributed by atoms with Crippen molar-refractivity contribution in [1.82, 2.24) is 10.2 Å². The fourth-order valence-electron chi connectivity index (χ4n) is 3.07. The number of carbonyl (C=O) groups excluding carboxylic acids is 1. The van der Waals surface area contributed by atoms with E-state index in [4.69, 9.17) is 16.0 Å². The second-order valence-corrected chi connectivity index (χ2v) is 11.4. The van der Waals surface area contributed by atoms with Crippen LogP contribution in [0.1, 0.15) is 10.4 Å². The number of sulfone groups is 1. The lowest BCUT2D eigenvalue weighted by Crippen LogP contribution is -2.15. The summed E-state index contributed by atoms with van der Waals surface area (Å²) in [5.41, 5.74) is 0.458. The van der Waals surface area contributed by atoms with Crippen LogP contribution in [0.4, 0.5) is 11.7 Å². The van der Waals surface area contributed by atoms with Gasteiger partial charge in [-0.05, 0) is 54.6 Å². The standard InChI is InChI=1S/C22H17ClN4O6S2/c1-34(29,30)19-8-3-2-7-18(19)21-25-26-22(33-21)24-20(28)14-5-4-6-16(13-14)27-35(31,32)17-11-9-15(23)10-12-17/h2-13,27H,1H3,(H,24,26,28). The maximum absolute atomic E-state index is 12.7. The zero-order valence-corrected chi connectivity index (χ0v) is 20.4. The summed E-state index contributed by atoms with van der Waals surface area (Å²) < 4.78 is 57.1. The lowest BCUT2D eigenvalue weighted by molar-refractivity contribution is 0.102. The van der Waals surface area contributed by atoms with Crippen LogP contribution in [0.15, 0.2) is 87.0 Å². The summed E-state index contributed by atoms with van der Waals surface area (Å²) in [5.74, 6) is -0.741. The largest absolute Gasteiger partial charge is 0.403 e. The van der Waals surface area contributed by atoms with Gasteiger partial charge in [-0.3, -0.25) is 14.8 Å². The van der Waals surface area contributed by atoms with Crippen LogP contribution in [-0.4, -0.2) is 39.2 Å². The summed E-state index contributed by atoms with van der Waals surface area (Å²) in [6.45, 7) is 0. The van der Waals surface area contributed by atoms with Crippen LogP contribution >= 0.6 is 11.6 Å². The fourth-order valence-corrected chi connectivity index (χ4v) is 5.13. The van der Waals surface area contributed by atoms with Crippen LogP contribution in [0.25, 0.3) is 11.5 Å². The molecule has 1 amide bonds. The van der Waals surface area contributed by atoms with Gasteiger partial charge < -0.3 is 4.42 Å². The Labute approximate surface area is 205 Å². The second-order valence-electron chi connectivity index (χ2n) is 7.28. The third-order valence-corrected chi connectivity index (χ3v) is 7.47. The minimum atomic E-state index is -3.91. The number of nitrogens with one attached hydrogen (secondary N) is 2. The summed E-state index contributed by atoms with van der Waals surface area (Å²) in [6.07, 6.45) is 1.05. The minimum Gasteiger partial charge on any atom is -0.403 e. The summed E-state index contributed by atoms with van der Waals surface area (Å²) in [4.78, 5) is 12.7. The van der Waals surface area contributed by atoms with Crippen molar-refractivity contribution < 1.29 is 26.0 Å². The van der Waals surface area contributed by atoms with E-state index in [1.54, 1.807) is 12.1 Å². The van der Waals surface area contributed by atoms with Gasteiger partial charge in [0.2, 0.25) is 0 Å². The van der Waals surface area contributed by atoms with Crippen LogP contribution in [-0.2, 0) is 19.9 Å². The number of halogens is 1. The van der Waals surface area contributed by atoms with Crippen LogP contribution in [0, 0.1) is 0 Å². The van der Waals surface area contributed by atoms with Gasteiger partial charge in [0.15, 0.2) is 9.84 Å². The van der Waals surface area contributed by atoms with E-state index >= 15 is 0 Å². The van der Waals surface area contributed by atoms with Crippen molar-refractivity contribution in [3.63, 3.8) is 0 Å². The number of hydrogen-bond donors (Lipinski definition) is 2. The van der Waals surface area contributed by atoms with Crippen molar-refractivity contribution in [1.29, 1.82) is 0 Å². The molecular weight excluding hydrogens is 516 g/mol. The molecule has 0 atom stereocenters. The van der Waals surface area contributed by atoms with Gasteiger partial charge in [-0.1, -0.05) is 34.9 Å². The third kappa shape index (κ3) is 5.67. The highest BCUT2D eigenvalue weighted by Gasteiger charge is 2.20. The average Bonchev–Trinajstić information content (AvgIpc) is 3.27. The van der Waals surface area contributed by atoms with E-state index in [1.165, 1.54) is 60.7 Å². The molecule has 4 rings (SSSR count). The molecule has 4 aromatic rings. The molecule has 1 heterocycles. The monoisotopic (exact) mass is 532 g/mol. The molecule has 0 fully saturated rings. The molecule has 3 aromatic carbocycles. The molecule has 13 heteroatoms. The third-order valence-electron chi connectivity index (χ3n) is 4.66. The van der Waals surface area contributed by atoms with Crippen molar-refractivity contribution in [3.05, 3.63) is 83.4 Å². The van der Waals surface area contributed by atoms with E-state index in [0.29, 0.717) is 5.02 Å². The van der Waals surface area contributed by atoms with E-state index in [2.05, 4.69) is 20.2 Å². The lowest BCUT2D eigenvalue weighted by Gasteiger charge is -2.09. The Morgan fingerprint density at radius 1 is 0.914 bits per heavy atom. The Morgan fingerprint density at radius 2 is 1.63 bits per heavy atom. The van der Waals surface area contributed by atoms with Gasteiger partial charge in [-0.15, -0.1) is 5.10 Å². The predicted octanol–water partition coefficient (Wildman–Crippen LogP) is 3.85. The lowest BCUT2D eigenvalue weighted by atomic mass is 10.2. The molecule has 0 spiro atoms. The van der Waals surface area contributed by atoms with Gasteiger partial charge in [-0.25, -0.2) is 16.8 Å². The first-order chi connectivity index (χ1) is 16.5. The number of anilines is 2. The van der Waals surface area contributed by atoms with Gasteiger partial charge in [-0.2, -0.15) is 0 Å². The number of sulfonamides is 1. The summed E-state index contributed by atoms with van der Waals surface area (Å²) in [5, 5.41) is 10.4. The van der Waals surface area contributed by atoms with E-state index in [9.17, 15) is 21.6 Å². The second kappa shape index (κ2) is 9.49. The van der Waals surface area contributed by atoms with Crippen LogP contribution in [0.5, 0.6) is 0 Å². The Bertz CT molecular complexity index is 1620. The molecule has 35 heavy (non-hydrogen) atoms. The van der Waals surface area contributed by atoms with Crippen LogP contribution in [0.2, 0.25) is 5.02 Å². The Balaban J connectivity index is 1.52. The first-order valence-corrected chi connectivity index (χ1v) is 13.6. The number of hydrogen-bond acceptors (Lipinski definition) is 8. The minimum absolute atomic E-state index is 0.00204. The molecule has 0 radical (unpaired) electrons. The normalized spacial score (nSPS) is 11.7. The fraction of sp³-hybridized carbons (Fsp3) is 0.0455. The number of aromatic nitrogens is 2. The molecule has 0 aliphatic carbocycles. The molecule has 2 N–H and O–H groups in total. The molecule has 0 aliphatic heterocycles. The molecular formula is C22H17ClN4O6S2. The molecule has 0 saturated heterocycles. The SMILES string of the molecule is CS(=O)(=O)c1ccccc1-c1nnc(NC(=O)c2cccc(NS(=O)(=O)c3ccc(Cl)cc3)c2)o1. The maximum Gasteiger partial charge on any atom is 0.322 e. The highest BCUT2D eigenvalue weighted by molar-refractivity contribution is 7.92. The number of carbonyl (C=O) groups is 1. The zero-order valence-electron chi connectivity index (χ0n) is 18.0. The van der Waals surface area contributed by atoms with Crippen molar-refractivity contribution >= 4 is 49.1 Å². The van der Waals surface area contributed by atoms with Gasteiger partial charge >= 0.3 is 6.01 Å². The van der Waals surface area contributed by atoms with Crippen molar-refractivity contribution in [2.75, 3.05) is 16.3 Å². The Kier molecular flexibility index (Phi) is 6.61. The Hall–Kier alpha value is -3.74. The van der Waals surface area contributed by atoms with E-state index < -0.39 is 25.8 Å². The molecule has 10 nitrogen and oxygen atoms in total. The Morgan fingerprint density at radius 3 is 2.34 bits per heavy atom. The molecule has 0 unspecified atom stereocenters. The quantitative estimate of drug-likeness (QED) is 0.364. The number of rotatable bonds is 7. The first-order valence-electron chi connectivity index (χ1n) is 9.86. The van der Waals surface area contributed by atoms with E-state index in [1.807, 2.05) is 0 Å². The van der Waals surface area contributed by atoms with Gasteiger partial charge in [0.25, 0.3) is 21.8 Å². The molecule has 0 aliphatic rings.